The molecule has 1 saturated heterocycles. The van der Waals surface area contributed by atoms with Crippen LogP contribution in [0, 0.1) is 6.92 Å². The zero-order valence-electron chi connectivity index (χ0n) is 17.8. The third-order valence-corrected chi connectivity index (χ3v) is 7.40. The number of carbonyl (C=O) groups excluding carboxylic acids is 1. The van der Waals surface area contributed by atoms with E-state index in [1.807, 2.05) is 62.6 Å². The zero-order valence-corrected chi connectivity index (χ0v) is 18.7. The van der Waals surface area contributed by atoms with Gasteiger partial charge in [-0.3, -0.25) is 4.79 Å². The van der Waals surface area contributed by atoms with Crippen LogP contribution in [0.1, 0.15) is 44.6 Å². The third-order valence-electron chi connectivity index (χ3n) is 5.65. The van der Waals surface area contributed by atoms with Gasteiger partial charge in [0.15, 0.2) is 9.84 Å². The Kier molecular flexibility index (Phi) is 5.00. The minimum Gasteiger partial charge on any atom is -0.335 e. The standard InChI is InChI=1S/C22H28N4O3S/c1-15-11-16-7-5-6-8-18(16)25(15)13-21(27)23-20-12-19(22(2,3)4)24-26(20)17-9-10-30(28,29)14-17/h5-8,11-12,17H,9-10,13-14H2,1-4H3,(H,23,27). The van der Waals surface area contributed by atoms with Gasteiger partial charge in [-0.15, -0.1) is 0 Å². The first-order valence-corrected chi connectivity index (χ1v) is 12.0. The molecule has 0 saturated carbocycles. The van der Waals surface area contributed by atoms with E-state index in [0.29, 0.717) is 12.2 Å². The van der Waals surface area contributed by atoms with E-state index < -0.39 is 9.84 Å². The van der Waals surface area contributed by atoms with Gasteiger partial charge in [-0.1, -0.05) is 39.0 Å². The van der Waals surface area contributed by atoms with E-state index in [1.54, 1.807) is 4.68 Å². The minimum absolute atomic E-state index is 0.0580. The molecular weight excluding hydrogens is 400 g/mol. The molecule has 0 radical (unpaired) electrons. The summed E-state index contributed by atoms with van der Waals surface area (Å²) in [6, 6.07) is 11.6. The largest absolute Gasteiger partial charge is 0.335 e. The van der Waals surface area contributed by atoms with Crippen LogP contribution in [-0.2, 0) is 26.6 Å². The Morgan fingerprint density at radius 2 is 1.97 bits per heavy atom. The lowest BCUT2D eigenvalue weighted by Gasteiger charge is -2.16. The molecule has 1 aliphatic heterocycles. The van der Waals surface area contributed by atoms with Gasteiger partial charge in [0.1, 0.15) is 12.4 Å². The second kappa shape index (κ2) is 7.27. The van der Waals surface area contributed by atoms with Crippen molar-refractivity contribution in [3.63, 3.8) is 0 Å². The topological polar surface area (TPSA) is 86.0 Å². The molecule has 0 aliphatic carbocycles. The van der Waals surface area contributed by atoms with Gasteiger partial charge in [0.05, 0.1) is 23.2 Å². The summed E-state index contributed by atoms with van der Waals surface area (Å²) in [5, 5.41) is 8.76. The van der Waals surface area contributed by atoms with Crippen molar-refractivity contribution < 1.29 is 13.2 Å². The SMILES string of the molecule is Cc1cc2ccccc2n1CC(=O)Nc1cc(C(C)(C)C)nn1C1CCS(=O)(=O)C1. The van der Waals surface area contributed by atoms with Crippen molar-refractivity contribution in [2.75, 3.05) is 16.8 Å². The molecule has 3 aromatic rings. The lowest BCUT2D eigenvalue weighted by atomic mass is 9.92. The molecular formula is C22H28N4O3S. The molecule has 1 atom stereocenters. The first-order chi connectivity index (χ1) is 14.0. The smallest absolute Gasteiger partial charge is 0.245 e. The number of nitrogens with one attached hydrogen (secondary N) is 1. The molecule has 8 heteroatoms. The summed E-state index contributed by atoms with van der Waals surface area (Å²) in [5.74, 6) is 0.607. The number of aromatic nitrogens is 3. The maximum atomic E-state index is 12.9. The highest BCUT2D eigenvalue weighted by molar-refractivity contribution is 7.91. The monoisotopic (exact) mass is 428 g/mol. The van der Waals surface area contributed by atoms with Gasteiger partial charge < -0.3 is 9.88 Å². The molecule has 30 heavy (non-hydrogen) atoms. The summed E-state index contributed by atoms with van der Waals surface area (Å²) in [7, 11) is -3.06. The summed E-state index contributed by atoms with van der Waals surface area (Å²) in [5.41, 5.74) is 2.63. The number of sulfone groups is 1. The minimum atomic E-state index is -3.06. The molecule has 160 valence electrons. The van der Waals surface area contributed by atoms with Gasteiger partial charge in [-0.05, 0) is 30.9 Å². The summed E-state index contributed by atoms with van der Waals surface area (Å²) in [6.45, 7) is 8.31. The predicted molar refractivity (Wildman–Crippen MR) is 119 cm³/mol. The average Bonchev–Trinajstić information content (AvgIpc) is 3.31. The van der Waals surface area contributed by atoms with Crippen molar-refractivity contribution in [1.82, 2.24) is 14.3 Å². The van der Waals surface area contributed by atoms with Crippen LogP contribution in [0.3, 0.4) is 0 Å². The van der Waals surface area contributed by atoms with Gasteiger partial charge in [0.2, 0.25) is 5.91 Å². The van der Waals surface area contributed by atoms with Crippen molar-refractivity contribution >= 4 is 32.5 Å². The predicted octanol–water partition coefficient (Wildman–Crippen LogP) is 3.44. The van der Waals surface area contributed by atoms with Gasteiger partial charge in [0.25, 0.3) is 0 Å². The van der Waals surface area contributed by atoms with Gasteiger partial charge in [-0.25, -0.2) is 13.1 Å². The Hall–Kier alpha value is -2.61. The van der Waals surface area contributed by atoms with E-state index >= 15 is 0 Å². The summed E-state index contributed by atoms with van der Waals surface area (Å²) < 4.78 is 27.7. The van der Waals surface area contributed by atoms with Crippen molar-refractivity contribution in [3.8, 4) is 0 Å². The van der Waals surface area contributed by atoms with Crippen LogP contribution < -0.4 is 5.32 Å². The molecule has 1 amide bonds. The summed E-state index contributed by atoms with van der Waals surface area (Å²) in [6.07, 6.45) is 0.512. The molecule has 0 bridgehead atoms. The lowest BCUT2D eigenvalue weighted by Crippen LogP contribution is -2.23. The highest BCUT2D eigenvalue weighted by Gasteiger charge is 2.33. The fourth-order valence-corrected chi connectivity index (χ4v) is 5.68. The molecule has 7 nitrogen and oxygen atoms in total. The van der Waals surface area contributed by atoms with Crippen LogP contribution in [0.25, 0.3) is 10.9 Å². The van der Waals surface area contributed by atoms with E-state index in [2.05, 4.69) is 16.5 Å². The Morgan fingerprint density at radius 3 is 2.63 bits per heavy atom. The Labute approximate surface area is 177 Å². The molecule has 1 unspecified atom stereocenters. The second-order valence-corrected chi connectivity index (χ2v) is 11.4. The highest BCUT2D eigenvalue weighted by Crippen LogP contribution is 2.31. The number of nitrogens with zero attached hydrogens (tertiary/aromatic N) is 3. The maximum absolute atomic E-state index is 12.9. The number of anilines is 1. The van der Waals surface area contributed by atoms with Crippen LogP contribution in [0.15, 0.2) is 36.4 Å². The Bertz CT molecular complexity index is 1210. The van der Waals surface area contributed by atoms with E-state index in [-0.39, 0.29) is 35.4 Å². The molecule has 1 fully saturated rings. The van der Waals surface area contributed by atoms with Crippen molar-refractivity contribution in [2.24, 2.45) is 0 Å². The van der Waals surface area contributed by atoms with E-state index in [9.17, 15) is 13.2 Å². The molecule has 1 N–H and O–H groups in total. The van der Waals surface area contributed by atoms with Gasteiger partial charge in [-0.2, -0.15) is 5.10 Å². The molecule has 4 rings (SSSR count). The number of amides is 1. The molecule has 2 aromatic heterocycles. The normalized spacial score (nSPS) is 18.7. The number of hydrogen-bond donors (Lipinski definition) is 1. The van der Waals surface area contributed by atoms with E-state index in [1.165, 1.54) is 0 Å². The number of aryl methyl sites for hydroxylation is 1. The van der Waals surface area contributed by atoms with Gasteiger partial charge >= 0.3 is 0 Å². The molecule has 0 spiro atoms. The third kappa shape index (κ3) is 4.01. The molecule has 3 heterocycles. The van der Waals surface area contributed by atoms with Crippen LogP contribution in [0.2, 0.25) is 0 Å². The second-order valence-electron chi connectivity index (χ2n) is 9.15. The Morgan fingerprint density at radius 1 is 1.23 bits per heavy atom. The maximum Gasteiger partial charge on any atom is 0.245 e. The number of fused-ring (bicyclic) bond motifs is 1. The van der Waals surface area contributed by atoms with E-state index in [0.717, 1.165) is 22.3 Å². The quantitative estimate of drug-likeness (QED) is 0.690. The number of rotatable bonds is 4. The van der Waals surface area contributed by atoms with Crippen molar-refractivity contribution in [2.45, 2.75) is 52.1 Å². The fourth-order valence-electron chi connectivity index (χ4n) is 3.99. The first-order valence-electron chi connectivity index (χ1n) is 10.2. The molecule has 1 aliphatic rings. The Balaban J connectivity index is 1.62. The lowest BCUT2D eigenvalue weighted by molar-refractivity contribution is -0.116. The van der Waals surface area contributed by atoms with Crippen LogP contribution >= 0.6 is 0 Å². The van der Waals surface area contributed by atoms with Crippen molar-refractivity contribution in [3.05, 3.63) is 47.8 Å². The van der Waals surface area contributed by atoms with Crippen LogP contribution in [0.4, 0.5) is 5.82 Å². The average molecular weight is 429 g/mol. The zero-order chi connectivity index (χ0) is 21.7. The number of hydrogen-bond acceptors (Lipinski definition) is 4. The fraction of sp³-hybridized carbons (Fsp3) is 0.455. The number of para-hydroxylation sites is 1. The number of carbonyl (C=O) groups is 1. The van der Waals surface area contributed by atoms with Gasteiger partial charge in [0, 0.05) is 22.7 Å². The summed E-state index contributed by atoms with van der Waals surface area (Å²) >= 11 is 0. The van der Waals surface area contributed by atoms with Crippen LogP contribution in [0.5, 0.6) is 0 Å². The highest BCUT2D eigenvalue weighted by atomic mass is 32.2. The summed E-state index contributed by atoms with van der Waals surface area (Å²) in [4.78, 5) is 12.9. The molecule has 1 aromatic carbocycles. The van der Waals surface area contributed by atoms with Crippen molar-refractivity contribution in [1.29, 1.82) is 0 Å². The number of benzene rings is 1. The first kappa shape index (κ1) is 20.7. The van der Waals surface area contributed by atoms with E-state index in [4.69, 9.17) is 0 Å². The van der Waals surface area contributed by atoms with Crippen LogP contribution in [-0.4, -0.2) is 40.2 Å².